The van der Waals surface area contributed by atoms with Gasteiger partial charge in [0.25, 0.3) is 0 Å². The van der Waals surface area contributed by atoms with Gasteiger partial charge < -0.3 is 9.32 Å². The van der Waals surface area contributed by atoms with Crippen molar-refractivity contribution in [3.63, 3.8) is 0 Å². The third kappa shape index (κ3) is 2.04. The summed E-state index contributed by atoms with van der Waals surface area (Å²) in [6.07, 6.45) is 2.13. The number of hydrogen-bond acceptors (Lipinski definition) is 4. The van der Waals surface area contributed by atoms with E-state index in [1.54, 1.807) is 0 Å². The van der Waals surface area contributed by atoms with Crippen LogP contribution in [-0.2, 0) is 6.42 Å². The van der Waals surface area contributed by atoms with Crippen LogP contribution in [0.4, 0.5) is 0 Å². The van der Waals surface area contributed by atoms with Gasteiger partial charge in [-0.1, -0.05) is 0 Å². The summed E-state index contributed by atoms with van der Waals surface area (Å²) in [5.41, 5.74) is 0. The highest BCUT2D eigenvalue weighted by Crippen LogP contribution is 2.30. The van der Waals surface area contributed by atoms with E-state index < -0.39 is 0 Å². The van der Waals surface area contributed by atoms with Crippen molar-refractivity contribution in [2.24, 2.45) is 5.92 Å². The summed E-state index contributed by atoms with van der Waals surface area (Å²) >= 11 is 0. The molecule has 1 aliphatic rings. The van der Waals surface area contributed by atoms with Crippen molar-refractivity contribution < 1.29 is 4.42 Å². The second-order valence-electron chi connectivity index (χ2n) is 4.67. The third-order valence-corrected chi connectivity index (χ3v) is 3.67. The van der Waals surface area contributed by atoms with Gasteiger partial charge in [0.05, 0.1) is 0 Å². The van der Waals surface area contributed by atoms with Crippen molar-refractivity contribution in [1.29, 1.82) is 0 Å². The SMILES string of the molecule is Cc1nnc(CC2CC(C)N(C)[C@@H]2C)o1. The van der Waals surface area contributed by atoms with Gasteiger partial charge in [0.15, 0.2) is 0 Å². The van der Waals surface area contributed by atoms with E-state index in [0.29, 0.717) is 23.9 Å². The second kappa shape index (κ2) is 3.93. The molecule has 0 radical (unpaired) electrons. The van der Waals surface area contributed by atoms with Gasteiger partial charge in [0, 0.05) is 25.4 Å². The molecule has 1 aromatic rings. The van der Waals surface area contributed by atoms with Gasteiger partial charge in [-0.3, -0.25) is 0 Å². The van der Waals surface area contributed by atoms with E-state index >= 15 is 0 Å². The van der Waals surface area contributed by atoms with E-state index in [9.17, 15) is 0 Å². The van der Waals surface area contributed by atoms with Crippen LogP contribution in [0.1, 0.15) is 32.0 Å². The molecule has 1 fully saturated rings. The van der Waals surface area contributed by atoms with Gasteiger partial charge in [-0.25, -0.2) is 0 Å². The third-order valence-electron chi connectivity index (χ3n) is 3.67. The van der Waals surface area contributed by atoms with E-state index in [1.165, 1.54) is 6.42 Å². The van der Waals surface area contributed by atoms with Crippen LogP contribution < -0.4 is 0 Å². The molecule has 0 aliphatic carbocycles. The summed E-state index contributed by atoms with van der Waals surface area (Å²) in [7, 11) is 2.19. The zero-order chi connectivity index (χ0) is 11.0. The molecule has 1 aromatic heterocycles. The second-order valence-corrected chi connectivity index (χ2v) is 4.67. The van der Waals surface area contributed by atoms with E-state index in [4.69, 9.17) is 4.42 Å². The summed E-state index contributed by atoms with van der Waals surface area (Å²) in [6.45, 7) is 6.39. The van der Waals surface area contributed by atoms with E-state index in [0.717, 1.165) is 12.3 Å². The van der Waals surface area contributed by atoms with Crippen molar-refractivity contribution in [2.75, 3.05) is 7.05 Å². The Bertz CT molecular complexity index is 336. The molecular weight excluding hydrogens is 190 g/mol. The molecule has 4 heteroatoms. The van der Waals surface area contributed by atoms with Crippen molar-refractivity contribution in [3.05, 3.63) is 11.8 Å². The highest BCUT2D eigenvalue weighted by molar-refractivity contribution is 4.93. The van der Waals surface area contributed by atoms with Crippen LogP contribution in [-0.4, -0.2) is 34.2 Å². The lowest BCUT2D eigenvalue weighted by molar-refractivity contribution is 0.245. The number of aryl methyl sites for hydroxylation is 1. The van der Waals surface area contributed by atoms with Gasteiger partial charge in [-0.2, -0.15) is 0 Å². The summed E-state index contributed by atoms with van der Waals surface area (Å²) in [6, 6.07) is 1.27. The lowest BCUT2D eigenvalue weighted by atomic mass is 9.97. The first-order valence-electron chi connectivity index (χ1n) is 5.59. The maximum atomic E-state index is 5.42. The lowest BCUT2D eigenvalue weighted by Gasteiger charge is -2.21. The average molecular weight is 209 g/mol. The van der Waals surface area contributed by atoms with Crippen LogP contribution in [0.5, 0.6) is 0 Å². The van der Waals surface area contributed by atoms with E-state index in [2.05, 4.69) is 36.0 Å². The monoisotopic (exact) mass is 209 g/mol. The first-order valence-corrected chi connectivity index (χ1v) is 5.59. The Kier molecular flexibility index (Phi) is 2.78. The Morgan fingerprint density at radius 3 is 2.60 bits per heavy atom. The number of hydrogen-bond donors (Lipinski definition) is 0. The predicted molar refractivity (Wildman–Crippen MR) is 57.5 cm³/mol. The summed E-state index contributed by atoms with van der Waals surface area (Å²) in [5.74, 6) is 2.09. The Balaban J connectivity index is 2.01. The minimum absolute atomic E-state index is 0.604. The molecule has 0 N–H and O–H groups in total. The Hall–Kier alpha value is -0.900. The molecule has 2 rings (SSSR count). The summed E-state index contributed by atoms with van der Waals surface area (Å²) in [4.78, 5) is 2.42. The van der Waals surface area contributed by atoms with Gasteiger partial charge >= 0.3 is 0 Å². The largest absolute Gasteiger partial charge is 0.426 e. The highest BCUT2D eigenvalue weighted by atomic mass is 16.4. The molecule has 0 saturated carbocycles. The fourth-order valence-corrected chi connectivity index (χ4v) is 2.43. The minimum Gasteiger partial charge on any atom is -0.426 e. The van der Waals surface area contributed by atoms with Crippen molar-refractivity contribution in [1.82, 2.24) is 15.1 Å². The molecule has 15 heavy (non-hydrogen) atoms. The minimum atomic E-state index is 0.604. The molecule has 0 spiro atoms. The summed E-state index contributed by atoms with van der Waals surface area (Å²) in [5, 5.41) is 7.92. The van der Waals surface area contributed by atoms with Crippen molar-refractivity contribution in [2.45, 2.75) is 45.7 Å². The standard InChI is InChI=1S/C11H19N3O/c1-7-5-10(8(2)14(7)4)6-11-13-12-9(3)15-11/h7-8,10H,5-6H2,1-4H3/t7?,8-,10?/m1/s1. The fourth-order valence-electron chi connectivity index (χ4n) is 2.43. The Labute approximate surface area is 90.7 Å². The molecule has 0 amide bonds. The highest BCUT2D eigenvalue weighted by Gasteiger charge is 2.34. The fraction of sp³-hybridized carbons (Fsp3) is 0.818. The van der Waals surface area contributed by atoms with Crippen LogP contribution in [0.15, 0.2) is 4.42 Å². The van der Waals surface area contributed by atoms with Gasteiger partial charge in [0.1, 0.15) is 0 Å². The molecule has 84 valence electrons. The first kappa shape index (κ1) is 10.6. The van der Waals surface area contributed by atoms with Crippen molar-refractivity contribution in [3.8, 4) is 0 Å². The van der Waals surface area contributed by atoms with E-state index in [1.807, 2.05) is 6.92 Å². The maximum Gasteiger partial charge on any atom is 0.216 e. The van der Waals surface area contributed by atoms with Gasteiger partial charge in [0.2, 0.25) is 11.8 Å². The predicted octanol–water partition coefficient (Wildman–Crippen LogP) is 1.65. The van der Waals surface area contributed by atoms with Crippen LogP contribution in [0.3, 0.4) is 0 Å². The molecule has 0 bridgehead atoms. The van der Waals surface area contributed by atoms with Crippen LogP contribution in [0.2, 0.25) is 0 Å². The lowest BCUT2D eigenvalue weighted by Crippen LogP contribution is -2.30. The molecule has 4 nitrogen and oxygen atoms in total. The zero-order valence-electron chi connectivity index (χ0n) is 9.90. The molecule has 2 unspecified atom stereocenters. The average Bonchev–Trinajstić information content (AvgIpc) is 2.68. The molecule has 2 heterocycles. The van der Waals surface area contributed by atoms with Crippen LogP contribution in [0.25, 0.3) is 0 Å². The normalized spacial score (nSPS) is 32.4. The molecular formula is C11H19N3O. The molecule has 3 atom stereocenters. The molecule has 1 saturated heterocycles. The van der Waals surface area contributed by atoms with Gasteiger partial charge in [-0.05, 0) is 33.2 Å². The first-order chi connectivity index (χ1) is 7.08. The smallest absolute Gasteiger partial charge is 0.216 e. The topological polar surface area (TPSA) is 42.2 Å². The van der Waals surface area contributed by atoms with E-state index in [-0.39, 0.29) is 0 Å². The zero-order valence-corrected chi connectivity index (χ0v) is 9.90. The Morgan fingerprint density at radius 1 is 1.40 bits per heavy atom. The quantitative estimate of drug-likeness (QED) is 0.742. The van der Waals surface area contributed by atoms with Crippen LogP contribution in [0, 0.1) is 12.8 Å². The maximum absolute atomic E-state index is 5.42. The molecule has 0 aromatic carbocycles. The number of rotatable bonds is 2. The number of nitrogens with zero attached hydrogens (tertiary/aromatic N) is 3. The Morgan fingerprint density at radius 2 is 2.13 bits per heavy atom. The van der Waals surface area contributed by atoms with Gasteiger partial charge in [-0.15, -0.1) is 10.2 Å². The number of likely N-dealkylation sites (tertiary alicyclic amines) is 1. The molecule has 1 aliphatic heterocycles. The summed E-state index contributed by atoms with van der Waals surface area (Å²) < 4.78 is 5.42. The van der Waals surface area contributed by atoms with Crippen molar-refractivity contribution >= 4 is 0 Å². The number of aromatic nitrogens is 2. The van der Waals surface area contributed by atoms with Crippen LogP contribution >= 0.6 is 0 Å².